The monoisotopic (exact) mass is 382 g/mol. The molecule has 1 atom stereocenters. The summed E-state index contributed by atoms with van der Waals surface area (Å²) in [6, 6.07) is 10.9. The molecule has 0 saturated carbocycles. The van der Waals surface area contributed by atoms with E-state index in [2.05, 4.69) is 10.3 Å². The van der Waals surface area contributed by atoms with Crippen LogP contribution in [0.1, 0.15) is 41.2 Å². The van der Waals surface area contributed by atoms with Gasteiger partial charge in [-0.15, -0.1) is 0 Å². The van der Waals surface area contributed by atoms with E-state index in [1.54, 1.807) is 4.90 Å². The van der Waals surface area contributed by atoms with Crippen LogP contribution in [0, 0.1) is 0 Å². The third kappa shape index (κ3) is 4.11. The summed E-state index contributed by atoms with van der Waals surface area (Å²) in [5.41, 5.74) is 6.52. The molecular formula is C20H22N4O4. The van der Waals surface area contributed by atoms with Gasteiger partial charge >= 0.3 is 11.8 Å². The van der Waals surface area contributed by atoms with E-state index in [0.717, 1.165) is 24.8 Å². The minimum Gasteiger partial charge on any atom is -0.480 e. The number of piperidine rings is 1. The highest BCUT2D eigenvalue weighted by molar-refractivity contribution is 6.39. The lowest BCUT2D eigenvalue weighted by atomic mass is 9.95. The molecule has 0 radical (unpaired) electrons. The van der Waals surface area contributed by atoms with E-state index in [-0.39, 0.29) is 23.2 Å². The molecule has 146 valence electrons. The summed E-state index contributed by atoms with van der Waals surface area (Å²) < 4.78 is 4.97. The Morgan fingerprint density at radius 3 is 2.64 bits per heavy atom. The molecule has 8 nitrogen and oxygen atoms in total. The lowest BCUT2D eigenvalue weighted by molar-refractivity contribution is -0.145. The van der Waals surface area contributed by atoms with Crippen LogP contribution in [0.3, 0.4) is 0 Å². The van der Waals surface area contributed by atoms with Gasteiger partial charge in [-0.1, -0.05) is 30.3 Å². The second-order valence-corrected chi connectivity index (χ2v) is 6.52. The molecule has 1 aromatic heterocycles. The predicted octanol–water partition coefficient (Wildman–Crippen LogP) is 1.88. The molecule has 2 aromatic rings. The Labute approximate surface area is 162 Å². The molecule has 0 unspecified atom stereocenters. The maximum atomic E-state index is 12.8. The number of carbonyl (C=O) groups is 3. The van der Waals surface area contributed by atoms with Gasteiger partial charge in [0, 0.05) is 6.54 Å². The van der Waals surface area contributed by atoms with Gasteiger partial charge in [0.25, 0.3) is 5.91 Å². The number of nitrogens with zero attached hydrogens (tertiary/aromatic N) is 2. The summed E-state index contributed by atoms with van der Waals surface area (Å²) in [7, 11) is 1.36. The zero-order valence-corrected chi connectivity index (χ0v) is 15.6. The molecule has 0 bridgehead atoms. The Morgan fingerprint density at radius 2 is 1.96 bits per heavy atom. The number of aromatic nitrogens is 1. The number of benzene rings is 1. The van der Waals surface area contributed by atoms with Crippen molar-refractivity contribution in [2.45, 2.75) is 25.3 Å². The van der Waals surface area contributed by atoms with E-state index in [1.807, 2.05) is 30.3 Å². The zero-order chi connectivity index (χ0) is 20.1. The Balaban J connectivity index is 1.77. The first-order chi connectivity index (χ1) is 13.5. The average Bonchev–Trinajstić information content (AvgIpc) is 2.73. The van der Waals surface area contributed by atoms with E-state index in [4.69, 9.17) is 10.5 Å². The predicted molar refractivity (Wildman–Crippen MR) is 103 cm³/mol. The Bertz CT molecular complexity index is 885. The second kappa shape index (κ2) is 8.51. The number of anilines is 1. The topological polar surface area (TPSA) is 115 Å². The number of likely N-dealkylation sites (tertiary alicyclic amines) is 1. The van der Waals surface area contributed by atoms with Gasteiger partial charge in [0.05, 0.1) is 25.0 Å². The fraction of sp³-hybridized carbons (Fsp3) is 0.300. The molecule has 3 rings (SSSR count). The van der Waals surface area contributed by atoms with Gasteiger partial charge in [0.1, 0.15) is 5.56 Å². The highest BCUT2D eigenvalue weighted by Crippen LogP contribution is 2.31. The van der Waals surface area contributed by atoms with Crippen LogP contribution in [-0.2, 0) is 9.59 Å². The molecular weight excluding hydrogens is 360 g/mol. The molecule has 1 saturated heterocycles. The lowest BCUT2D eigenvalue weighted by Crippen LogP contribution is -2.44. The van der Waals surface area contributed by atoms with Crippen molar-refractivity contribution in [3.63, 3.8) is 0 Å². The number of carbonyl (C=O) groups excluding carboxylic acids is 3. The van der Waals surface area contributed by atoms with Crippen molar-refractivity contribution in [3.05, 3.63) is 53.7 Å². The quantitative estimate of drug-likeness (QED) is 0.784. The first kappa shape index (κ1) is 19.3. The second-order valence-electron chi connectivity index (χ2n) is 6.52. The van der Waals surface area contributed by atoms with Crippen LogP contribution in [-0.4, -0.2) is 41.3 Å². The molecule has 1 aromatic carbocycles. The number of hydrogen-bond donors (Lipinski definition) is 2. The minimum absolute atomic E-state index is 0.0212. The summed E-state index contributed by atoms with van der Waals surface area (Å²) in [6.45, 7) is 0.513. The van der Waals surface area contributed by atoms with E-state index >= 15 is 0 Å². The molecule has 28 heavy (non-hydrogen) atoms. The SMILES string of the molecule is COc1ncc(NC(=O)C(=O)N2CCCC[C@H]2c2ccccc2)cc1C(N)=O. The molecule has 0 aliphatic carbocycles. The normalized spacial score (nSPS) is 16.3. The van der Waals surface area contributed by atoms with Crippen LogP contribution >= 0.6 is 0 Å². The molecule has 1 fully saturated rings. The summed E-state index contributed by atoms with van der Waals surface area (Å²) in [5, 5.41) is 2.50. The van der Waals surface area contributed by atoms with E-state index in [1.165, 1.54) is 19.4 Å². The number of hydrogen-bond acceptors (Lipinski definition) is 5. The van der Waals surface area contributed by atoms with E-state index < -0.39 is 17.7 Å². The van der Waals surface area contributed by atoms with Crippen molar-refractivity contribution in [1.29, 1.82) is 0 Å². The molecule has 3 amide bonds. The third-order valence-corrected chi connectivity index (χ3v) is 4.71. The number of nitrogens with two attached hydrogens (primary N) is 1. The minimum atomic E-state index is -0.787. The van der Waals surface area contributed by atoms with Gasteiger partial charge in [-0.25, -0.2) is 4.98 Å². The summed E-state index contributed by atoms with van der Waals surface area (Å²) in [5.74, 6) is -2.10. The lowest BCUT2D eigenvalue weighted by Gasteiger charge is -2.35. The van der Waals surface area contributed by atoms with Crippen LogP contribution in [0.25, 0.3) is 0 Å². The molecule has 3 N–H and O–H groups in total. The summed E-state index contributed by atoms with van der Waals surface area (Å²) >= 11 is 0. The van der Waals surface area contributed by atoms with Crippen molar-refractivity contribution in [3.8, 4) is 5.88 Å². The van der Waals surface area contributed by atoms with Gasteiger partial charge in [-0.2, -0.15) is 0 Å². The molecule has 8 heteroatoms. The maximum absolute atomic E-state index is 12.8. The zero-order valence-electron chi connectivity index (χ0n) is 15.6. The number of primary amides is 1. The molecule has 0 spiro atoms. The Kier molecular flexibility index (Phi) is 5.88. The van der Waals surface area contributed by atoms with Crippen molar-refractivity contribution < 1.29 is 19.1 Å². The van der Waals surface area contributed by atoms with Crippen LogP contribution < -0.4 is 15.8 Å². The highest BCUT2D eigenvalue weighted by atomic mass is 16.5. The third-order valence-electron chi connectivity index (χ3n) is 4.71. The van der Waals surface area contributed by atoms with E-state index in [9.17, 15) is 14.4 Å². The van der Waals surface area contributed by atoms with Crippen molar-refractivity contribution in [2.75, 3.05) is 19.0 Å². The fourth-order valence-corrected chi connectivity index (χ4v) is 3.37. The number of nitrogens with one attached hydrogen (secondary N) is 1. The Morgan fingerprint density at radius 1 is 1.21 bits per heavy atom. The maximum Gasteiger partial charge on any atom is 0.313 e. The first-order valence-electron chi connectivity index (χ1n) is 9.02. The van der Waals surface area contributed by atoms with Gasteiger partial charge in [-0.05, 0) is 30.9 Å². The number of amides is 3. The number of ether oxygens (including phenoxy) is 1. The van der Waals surface area contributed by atoms with Crippen LogP contribution in [0.2, 0.25) is 0 Å². The smallest absolute Gasteiger partial charge is 0.313 e. The number of rotatable bonds is 4. The van der Waals surface area contributed by atoms with Crippen LogP contribution in [0.4, 0.5) is 5.69 Å². The summed E-state index contributed by atoms with van der Waals surface area (Å²) in [6.07, 6.45) is 3.95. The van der Waals surface area contributed by atoms with Gasteiger partial charge in [-0.3, -0.25) is 14.4 Å². The fourth-order valence-electron chi connectivity index (χ4n) is 3.37. The van der Waals surface area contributed by atoms with Gasteiger partial charge < -0.3 is 20.7 Å². The number of methoxy groups -OCH3 is 1. The van der Waals surface area contributed by atoms with Crippen LogP contribution in [0.5, 0.6) is 5.88 Å². The highest BCUT2D eigenvalue weighted by Gasteiger charge is 2.31. The molecule has 1 aliphatic heterocycles. The van der Waals surface area contributed by atoms with Gasteiger partial charge in [0.15, 0.2) is 0 Å². The average molecular weight is 382 g/mol. The standard InChI is InChI=1S/C20H22N4O4/c1-28-19-15(17(21)25)11-14(12-22-19)23-18(26)20(27)24-10-6-5-9-16(24)13-7-3-2-4-8-13/h2-4,7-8,11-12,16H,5-6,9-10H2,1H3,(H2,21,25)(H,23,26)/t16-/m0/s1. The number of pyridine rings is 1. The summed E-state index contributed by atoms with van der Waals surface area (Å²) in [4.78, 5) is 42.4. The van der Waals surface area contributed by atoms with Crippen molar-refractivity contribution in [2.24, 2.45) is 5.73 Å². The largest absolute Gasteiger partial charge is 0.480 e. The van der Waals surface area contributed by atoms with Crippen molar-refractivity contribution in [1.82, 2.24) is 9.88 Å². The van der Waals surface area contributed by atoms with Crippen molar-refractivity contribution >= 4 is 23.4 Å². The Hall–Kier alpha value is -3.42. The van der Waals surface area contributed by atoms with E-state index in [0.29, 0.717) is 6.54 Å². The molecule has 1 aliphatic rings. The first-order valence-corrected chi connectivity index (χ1v) is 9.02. The van der Waals surface area contributed by atoms with Crippen LogP contribution in [0.15, 0.2) is 42.6 Å². The molecule has 2 heterocycles. The van der Waals surface area contributed by atoms with Gasteiger partial charge in [0.2, 0.25) is 5.88 Å².